The number of nitrogens with zero attached hydrogens (tertiary/aromatic N) is 1. The third kappa shape index (κ3) is 6.13. The van der Waals surface area contributed by atoms with Crippen LogP contribution in [0.3, 0.4) is 0 Å². The first-order valence-corrected chi connectivity index (χ1v) is 13.1. The zero-order valence-corrected chi connectivity index (χ0v) is 21.5. The molecule has 5 heteroatoms. The zero-order valence-electron chi connectivity index (χ0n) is 21.5. The number of piperidine rings is 1. The molecule has 4 nitrogen and oxygen atoms in total. The molecule has 1 N–H and O–H groups in total. The lowest BCUT2D eigenvalue weighted by molar-refractivity contribution is -0.136. The Morgan fingerprint density at radius 1 is 0.944 bits per heavy atom. The summed E-state index contributed by atoms with van der Waals surface area (Å²) in [6.07, 6.45) is 7.50. The molecule has 190 valence electrons. The van der Waals surface area contributed by atoms with Gasteiger partial charge in [-0.3, -0.25) is 9.59 Å². The molecule has 0 aromatic heterocycles. The van der Waals surface area contributed by atoms with E-state index in [-0.39, 0.29) is 17.6 Å². The molecule has 36 heavy (non-hydrogen) atoms. The van der Waals surface area contributed by atoms with E-state index < -0.39 is 5.41 Å². The van der Waals surface area contributed by atoms with Crippen molar-refractivity contribution in [1.82, 2.24) is 10.2 Å². The number of carbonyl (C=O) groups excluding carboxylic acids is 2. The zero-order chi connectivity index (χ0) is 25.5. The van der Waals surface area contributed by atoms with Gasteiger partial charge in [0.05, 0.1) is 5.41 Å². The highest BCUT2D eigenvalue weighted by Crippen LogP contribution is 2.36. The van der Waals surface area contributed by atoms with Crippen LogP contribution in [0, 0.1) is 5.82 Å². The molecule has 1 aliphatic carbocycles. The topological polar surface area (TPSA) is 49.4 Å². The molecule has 0 bridgehead atoms. The maximum atomic E-state index is 13.6. The predicted octanol–water partition coefficient (Wildman–Crippen LogP) is 5.88. The van der Waals surface area contributed by atoms with Crippen LogP contribution in [0.2, 0.25) is 0 Å². The Hall–Kier alpha value is -3.21. The molecule has 1 saturated heterocycles. The summed E-state index contributed by atoms with van der Waals surface area (Å²) in [5, 5.41) is 3.23. The highest BCUT2D eigenvalue weighted by Gasteiger charge is 2.43. The van der Waals surface area contributed by atoms with E-state index in [1.165, 1.54) is 28.9 Å². The second-order valence-electron chi connectivity index (χ2n) is 10.2. The summed E-state index contributed by atoms with van der Waals surface area (Å²) < 4.78 is 13.1. The molecule has 0 radical (unpaired) electrons. The lowest BCUT2D eigenvalue weighted by atomic mass is 9.72. The van der Waals surface area contributed by atoms with Crippen molar-refractivity contribution in [3.63, 3.8) is 0 Å². The van der Waals surface area contributed by atoms with Crippen LogP contribution < -0.4 is 5.32 Å². The van der Waals surface area contributed by atoms with Gasteiger partial charge in [-0.2, -0.15) is 0 Å². The summed E-state index contributed by atoms with van der Waals surface area (Å²) in [4.78, 5) is 28.4. The fourth-order valence-electron chi connectivity index (χ4n) is 5.35. The molecule has 2 aromatic rings. The van der Waals surface area contributed by atoms with E-state index in [9.17, 15) is 14.0 Å². The van der Waals surface area contributed by atoms with E-state index in [4.69, 9.17) is 0 Å². The summed E-state index contributed by atoms with van der Waals surface area (Å²) in [6.45, 7) is 6.09. The summed E-state index contributed by atoms with van der Waals surface area (Å²) in [7, 11) is 0. The lowest BCUT2D eigenvalue weighted by Crippen LogP contribution is -2.53. The second kappa shape index (κ2) is 11.7. The van der Waals surface area contributed by atoms with Crippen molar-refractivity contribution in [3.8, 4) is 0 Å². The first-order valence-electron chi connectivity index (χ1n) is 13.1. The molecule has 0 spiro atoms. The Morgan fingerprint density at radius 3 is 2.31 bits per heavy atom. The van der Waals surface area contributed by atoms with Crippen molar-refractivity contribution in [2.75, 3.05) is 19.6 Å². The van der Waals surface area contributed by atoms with Crippen LogP contribution in [0.25, 0.3) is 0 Å². The molecule has 1 aliphatic heterocycles. The van der Waals surface area contributed by atoms with E-state index in [0.29, 0.717) is 45.3 Å². The second-order valence-corrected chi connectivity index (χ2v) is 10.2. The number of carbonyl (C=O) groups is 2. The number of aryl methyl sites for hydroxylation is 1. The maximum Gasteiger partial charge on any atom is 0.230 e. The molecule has 2 aliphatic rings. The lowest BCUT2D eigenvalue weighted by Gasteiger charge is -2.41. The van der Waals surface area contributed by atoms with Crippen LogP contribution >= 0.6 is 0 Å². The highest BCUT2D eigenvalue weighted by molar-refractivity contribution is 5.89. The minimum Gasteiger partial charge on any atom is -0.355 e. The van der Waals surface area contributed by atoms with E-state index in [2.05, 4.69) is 25.2 Å². The number of nitrogens with one attached hydrogen (secondary N) is 1. The minimum absolute atomic E-state index is 0.0620. The Labute approximate surface area is 214 Å². The van der Waals surface area contributed by atoms with E-state index in [0.717, 1.165) is 30.4 Å². The maximum absolute atomic E-state index is 13.6. The molecule has 4 rings (SSSR count). The van der Waals surface area contributed by atoms with Crippen molar-refractivity contribution >= 4 is 11.8 Å². The number of allylic oxidation sites excluding steroid dienone is 3. The van der Waals surface area contributed by atoms with Crippen molar-refractivity contribution in [2.24, 2.45) is 0 Å². The van der Waals surface area contributed by atoms with Gasteiger partial charge in [0.15, 0.2) is 0 Å². The first kappa shape index (κ1) is 25.9. The number of benzene rings is 2. The number of halogens is 1. The van der Waals surface area contributed by atoms with Gasteiger partial charge in [-0.05, 0) is 75.6 Å². The van der Waals surface area contributed by atoms with Crippen molar-refractivity contribution in [2.45, 2.75) is 64.2 Å². The van der Waals surface area contributed by atoms with Crippen molar-refractivity contribution < 1.29 is 14.0 Å². The van der Waals surface area contributed by atoms with E-state index in [1.54, 1.807) is 12.1 Å². The standard InChI is InChI=1S/C31H37FN2O2/c1-23-8-9-26(22-24(23)2)16-19-33-30(36)31(27-6-4-3-5-7-27)17-20-34(21-18-31)29(35)15-12-25-10-13-28(32)14-11-25/h3-7,10-11,13-14,22H,8-9,12,15-21H2,1-2H3,(H,33,36). The average Bonchev–Trinajstić information content (AvgIpc) is 2.90. The largest absolute Gasteiger partial charge is 0.355 e. The number of rotatable bonds is 8. The van der Waals surface area contributed by atoms with Crippen LogP contribution in [-0.4, -0.2) is 36.3 Å². The van der Waals surface area contributed by atoms with Gasteiger partial charge in [-0.15, -0.1) is 0 Å². The quantitative estimate of drug-likeness (QED) is 0.504. The van der Waals surface area contributed by atoms with Crippen LogP contribution in [0.1, 0.15) is 63.5 Å². The Kier molecular flexibility index (Phi) is 8.40. The van der Waals surface area contributed by atoms with Crippen LogP contribution in [0.5, 0.6) is 0 Å². The fraction of sp³-hybridized carbons (Fsp3) is 0.419. The SMILES string of the molecule is CC1=C(C)CCC(CCNC(=O)C2(c3ccccc3)CCN(C(=O)CCc3ccc(F)cc3)CC2)=C1. The molecular formula is C31H37FN2O2. The van der Waals surface area contributed by atoms with E-state index in [1.807, 2.05) is 35.2 Å². The molecule has 2 aromatic carbocycles. The fourth-order valence-corrected chi connectivity index (χ4v) is 5.35. The van der Waals surface area contributed by atoms with Gasteiger partial charge >= 0.3 is 0 Å². The molecule has 0 saturated carbocycles. The number of amides is 2. The molecule has 0 atom stereocenters. The van der Waals surface area contributed by atoms with Gasteiger partial charge in [0.25, 0.3) is 0 Å². The van der Waals surface area contributed by atoms with Crippen molar-refractivity contribution in [1.29, 1.82) is 0 Å². The Morgan fingerprint density at radius 2 is 1.64 bits per heavy atom. The number of likely N-dealkylation sites (tertiary alicyclic amines) is 1. The summed E-state index contributed by atoms with van der Waals surface area (Å²) in [6, 6.07) is 16.3. The average molecular weight is 489 g/mol. The number of hydrogen-bond donors (Lipinski definition) is 1. The molecule has 0 unspecified atom stereocenters. The van der Waals surface area contributed by atoms with Crippen LogP contribution in [-0.2, 0) is 21.4 Å². The summed E-state index contributed by atoms with van der Waals surface area (Å²) in [5.74, 6) is -0.120. The minimum atomic E-state index is -0.623. The number of hydrogen-bond acceptors (Lipinski definition) is 2. The van der Waals surface area contributed by atoms with Gasteiger partial charge in [0.2, 0.25) is 11.8 Å². The molecule has 1 heterocycles. The van der Waals surface area contributed by atoms with Crippen LogP contribution in [0.15, 0.2) is 77.4 Å². The van der Waals surface area contributed by atoms with Gasteiger partial charge in [0, 0.05) is 26.1 Å². The molecule has 2 amide bonds. The Bertz CT molecular complexity index is 1130. The van der Waals surface area contributed by atoms with Gasteiger partial charge in [-0.25, -0.2) is 4.39 Å². The monoisotopic (exact) mass is 488 g/mol. The van der Waals surface area contributed by atoms with E-state index >= 15 is 0 Å². The molecule has 1 fully saturated rings. The van der Waals surface area contributed by atoms with Gasteiger partial charge < -0.3 is 10.2 Å². The van der Waals surface area contributed by atoms with Gasteiger partial charge in [0.1, 0.15) is 5.82 Å². The van der Waals surface area contributed by atoms with Gasteiger partial charge in [-0.1, -0.05) is 65.3 Å². The normalized spacial score (nSPS) is 17.5. The summed E-state index contributed by atoms with van der Waals surface area (Å²) in [5.41, 5.74) is 5.54. The third-order valence-electron chi connectivity index (χ3n) is 7.92. The first-order chi connectivity index (χ1) is 17.4. The van der Waals surface area contributed by atoms with Crippen LogP contribution in [0.4, 0.5) is 4.39 Å². The third-order valence-corrected chi connectivity index (χ3v) is 7.92. The smallest absolute Gasteiger partial charge is 0.230 e. The Balaban J connectivity index is 1.37. The summed E-state index contributed by atoms with van der Waals surface area (Å²) >= 11 is 0. The highest BCUT2D eigenvalue weighted by atomic mass is 19.1. The predicted molar refractivity (Wildman–Crippen MR) is 142 cm³/mol. The molecular weight excluding hydrogens is 451 g/mol. The van der Waals surface area contributed by atoms with Crippen molar-refractivity contribution in [3.05, 3.63) is 94.3 Å².